The van der Waals surface area contributed by atoms with Gasteiger partial charge in [0.1, 0.15) is 12.6 Å². The van der Waals surface area contributed by atoms with E-state index in [1.165, 1.54) is 0 Å². The van der Waals surface area contributed by atoms with Gasteiger partial charge in [-0.15, -0.1) is 0 Å². The molecule has 1 heterocycles. The third-order valence-corrected chi connectivity index (χ3v) is 3.85. The highest BCUT2D eigenvalue weighted by molar-refractivity contribution is 7.71. The summed E-state index contributed by atoms with van der Waals surface area (Å²) in [5, 5.41) is 12.0. The van der Waals surface area contributed by atoms with Gasteiger partial charge in [-0.1, -0.05) is 26.0 Å². The highest BCUT2D eigenvalue weighted by atomic mass is 32.1. The van der Waals surface area contributed by atoms with Crippen LogP contribution in [0.25, 0.3) is 10.9 Å². The molecular weight excluding hydrogens is 330 g/mol. The maximum absolute atomic E-state index is 12.5. The Bertz CT molecular complexity index is 885. The molecule has 24 heavy (non-hydrogen) atoms. The van der Waals surface area contributed by atoms with Gasteiger partial charge in [0.15, 0.2) is 4.77 Å². The van der Waals surface area contributed by atoms with Crippen LogP contribution in [-0.4, -0.2) is 32.6 Å². The molecule has 0 bridgehead atoms. The van der Waals surface area contributed by atoms with Gasteiger partial charge in [0.25, 0.3) is 5.56 Å². The van der Waals surface area contributed by atoms with Gasteiger partial charge in [-0.25, -0.2) is 4.79 Å². The smallest absolute Gasteiger partial charge is 0.326 e. The van der Waals surface area contributed by atoms with Crippen molar-refractivity contribution in [2.45, 2.75) is 32.9 Å². The van der Waals surface area contributed by atoms with Crippen LogP contribution in [0.3, 0.4) is 0 Å². The van der Waals surface area contributed by atoms with Crippen LogP contribution in [0.1, 0.15) is 20.3 Å². The summed E-state index contributed by atoms with van der Waals surface area (Å²) >= 11 is 5.13. The first-order chi connectivity index (χ1) is 11.3. The predicted molar refractivity (Wildman–Crippen MR) is 92.4 cm³/mol. The number of aromatic amines is 1. The summed E-state index contributed by atoms with van der Waals surface area (Å²) in [5.74, 6) is -1.56. The summed E-state index contributed by atoms with van der Waals surface area (Å²) in [5.41, 5.74) is 0.201. The maximum Gasteiger partial charge on any atom is 0.326 e. The quantitative estimate of drug-likeness (QED) is 0.688. The van der Waals surface area contributed by atoms with E-state index in [4.69, 9.17) is 12.2 Å². The molecule has 0 aliphatic heterocycles. The number of nitrogens with zero attached hydrogens (tertiary/aromatic N) is 1. The van der Waals surface area contributed by atoms with E-state index in [0.717, 1.165) is 4.57 Å². The molecule has 2 aromatic rings. The minimum Gasteiger partial charge on any atom is -0.480 e. The lowest BCUT2D eigenvalue weighted by atomic mass is 10.0. The molecule has 7 nitrogen and oxygen atoms in total. The number of carboxylic acids is 1. The molecule has 8 heteroatoms. The molecule has 1 atom stereocenters. The van der Waals surface area contributed by atoms with E-state index in [0.29, 0.717) is 17.3 Å². The zero-order valence-corrected chi connectivity index (χ0v) is 14.2. The molecule has 0 saturated carbocycles. The van der Waals surface area contributed by atoms with Crippen molar-refractivity contribution in [3.05, 3.63) is 39.4 Å². The first kappa shape index (κ1) is 17.9. The van der Waals surface area contributed by atoms with Crippen LogP contribution < -0.4 is 10.9 Å². The van der Waals surface area contributed by atoms with Gasteiger partial charge in [-0.3, -0.25) is 14.2 Å². The minimum absolute atomic E-state index is 0.109. The normalized spacial score (nSPS) is 12.3. The third kappa shape index (κ3) is 4.08. The summed E-state index contributed by atoms with van der Waals surface area (Å²) in [6, 6.07) is 5.85. The number of hydrogen-bond donors (Lipinski definition) is 3. The fourth-order valence-electron chi connectivity index (χ4n) is 2.42. The first-order valence-corrected chi connectivity index (χ1v) is 7.94. The van der Waals surface area contributed by atoms with Crippen molar-refractivity contribution >= 4 is 35.0 Å². The number of fused-ring (bicyclic) bond motifs is 1. The van der Waals surface area contributed by atoms with E-state index in [9.17, 15) is 19.5 Å². The standard InChI is InChI=1S/C16H19N3O4S/c1-9(2)7-12(15(22)23)17-13(20)8-19-14(21)10-5-3-4-6-11(10)18-16(19)24/h3-6,9,12H,7-8H2,1-2H3,(H,17,20)(H,18,24)(H,22,23). The van der Waals surface area contributed by atoms with E-state index in [-0.39, 0.29) is 22.8 Å². The Kier molecular flexibility index (Phi) is 5.50. The Morgan fingerprint density at radius 2 is 2.00 bits per heavy atom. The molecule has 1 aromatic heterocycles. The number of carbonyl (C=O) groups excluding carboxylic acids is 1. The zero-order valence-electron chi connectivity index (χ0n) is 13.4. The number of aromatic nitrogens is 2. The molecule has 0 aliphatic carbocycles. The average molecular weight is 349 g/mol. The fourth-order valence-corrected chi connectivity index (χ4v) is 2.68. The number of hydrogen-bond acceptors (Lipinski definition) is 4. The van der Waals surface area contributed by atoms with E-state index >= 15 is 0 Å². The first-order valence-electron chi connectivity index (χ1n) is 7.53. The number of carboxylic acid groups (broad SMARTS) is 1. The summed E-state index contributed by atoms with van der Waals surface area (Å²) in [4.78, 5) is 38.7. The molecule has 0 aliphatic rings. The van der Waals surface area contributed by atoms with Crippen LogP contribution in [0.4, 0.5) is 0 Å². The number of aliphatic carboxylic acids is 1. The van der Waals surface area contributed by atoms with E-state index in [2.05, 4.69) is 10.3 Å². The molecule has 1 aromatic carbocycles. The molecule has 128 valence electrons. The second kappa shape index (κ2) is 7.39. The molecular formula is C16H19N3O4S. The Morgan fingerprint density at radius 3 is 2.62 bits per heavy atom. The second-order valence-electron chi connectivity index (χ2n) is 5.95. The highest BCUT2D eigenvalue weighted by Gasteiger charge is 2.21. The zero-order chi connectivity index (χ0) is 17.9. The van der Waals surface area contributed by atoms with E-state index < -0.39 is 17.9 Å². The SMILES string of the molecule is CC(C)CC(NC(=O)Cn1c(=S)[nH]c2ccccc2c1=O)C(=O)O. The van der Waals surface area contributed by atoms with E-state index in [1.54, 1.807) is 24.3 Å². The van der Waals surface area contributed by atoms with Gasteiger partial charge in [-0.2, -0.15) is 0 Å². The lowest BCUT2D eigenvalue weighted by Crippen LogP contribution is -2.44. The lowest BCUT2D eigenvalue weighted by molar-refractivity contribution is -0.142. The van der Waals surface area contributed by atoms with Crippen molar-refractivity contribution in [1.29, 1.82) is 0 Å². The maximum atomic E-state index is 12.5. The number of nitrogens with one attached hydrogen (secondary N) is 2. The van der Waals surface area contributed by atoms with E-state index in [1.807, 2.05) is 13.8 Å². The minimum atomic E-state index is -1.10. The number of amides is 1. The van der Waals surface area contributed by atoms with Crippen LogP contribution in [-0.2, 0) is 16.1 Å². The van der Waals surface area contributed by atoms with Crippen molar-refractivity contribution in [3.63, 3.8) is 0 Å². The Labute approximate surface area is 143 Å². The molecule has 1 amide bonds. The third-order valence-electron chi connectivity index (χ3n) is 3.53. The van der Waals surface area contributed by atoms with Crippen LogP contribution in [0.5, 0.6) is 0 Å². The number of para-hydroxylation sites is 1. The average Bonchev–Trinajstić information content (AvgIpc) is 2.50. The summed E-state index contributed by atoms with van der Waals surface area (Å²) in [6.07, 6.45) is 0.306. The molecule has 0 saturated heterocycles. The number of benzene rings is 1. The summed E-state index contributed by atoms with van der Waals surface area (Å²) in [7, 11) is 0. The van der Waals surface area contributed by atoms with Crippen LogP contribution in [0.2, 0.25) is 0 Å². The molecule has 2 rings (SSSR count). The summed E-state index contributed by atoms with van der Waals surface area (Å²) in [6.45, 7) is 3.40. The van der Waals surface area contributed by atoms with Gasteiger partial charge >= 0.3 is 5.97 Å². The molecule has 0 spiro atoms. The number of H-pyrrole nitrogens is 1. The van der Waals surface area contributed by atoms with Crippen molar-refractivity contribution in [1.82, 2.24) is 14.9 Å². The molecule has 1 unspecified atom stereocenters. The predicted octanol–water partition coefficient (Wildman–Crippen LogP) is 1.67. The van der Waals surface area contributed by atoms with Gasteiger partial charge in [0.05, 0.1) is 10.9 Å². The largest absolute Gasteiger partial charge is 0.480 e. The number of carbonyl (C=O) groups is 2. The van der Waals surface area contributed by atoms with Gasteiger partial charge < -0.3 is 15.4 Å². The number of rotatable bonds is 6. The molecule has 3 N–H and O–H groups in total. The lowest BCUT2D eigenvalue weighted by Gasteiger charge is -2.17. The van der Waals surface area contributed by atoms with Gasteiger partial charge in [0, 0.05) is 0 Å². The summed E-state index contributed by atoms with van der Waals surface area (Å²) < 4.78 is 1.24. The van der Waals surface area contributed by atoms with Gasteiger partial charge in [-0.05, 0) is 36.7 Å². The van der Waals surface area contributed by atoms with Crippen LogP contribution in [0, 0.1) is 10.7 Å². The topological polar surface area (TPSA) is 104 Å². The Morgan fingerprint density at radius 1 is 1.33 bits per heavy atom. The van der Waals surface area contributed by atoms with Crippen LogP contribution >= 0.6 is 12.2 Å². The van der Waals surface area contributed by atoms with Gasteiger partial charge in [0.2, 0.25) is 5.91 Å². The van der Waals surface area contributed by atoms with Crippen molar-refractivity contribution in [3.8, 4) is 0 Å². The monoisotopic (exact) mass is 349 g/mol. The molecule has 0 fully saturated rings. The van der Waals surface area contributed by atoms with Crippen LogP contribution in [0.15, 0.2) is 29.1 Å². The Balaban J connectivity index is 2.26. The Hall–Kier alpha value is -2.48. The second-order valence-corrected chi connectivity index (χ2v) is 6.34. The highest BCUT2D eigenvalue weighted by Crippen LogP contribution is 2.07. The molecule has 0 radical (unpaired) electrons. The van der Waals surface area contributed by atoms with Crippen molar-refractivity contribution in [2.75, 3.05) is 0 Å². The fraction of sp³-hybridized carbons (Fsp3) is 0.375. The van der Waals surface area contributed by atoms with Crippen molar-refractivity contribution in [2.24, 2.45) is 5.92 Å². The van der Waals surface area contributed by atoms with Crippen molar-refractivity contribution < 1.29 is 14.7 Å².